The second kappa shape index (κ2) is 34.1. The Bertz CT molecular complexity index is 5590. The molecule has 606 valence electrons. The molecule has 4 unspecified atom stereocenters. The van der Waals surface area contributed by atoms with Gasteiger partial charge in [0.05, 0.1) is 40.7 Å². The summed E-state index contributed by atoms with van der Waals surface area (Å²) in [5, 5.41) is 0.547. The van der Waals surface area contributed by atoms with E-state index < -0.39 is 70.7 Å². The van der Waals surface area contributed by atoms with E-state index >= 15 is 0 Å². The lowest BCUT2D eigenvalue weighted by atomic mass is 9.97. The normalized spacial score (nSPS) is 18.2. The maximum absolute atomic E-state index is 14.6. The van der Waals surface area contributed by atoms with Crippen molar-refractivity contribution >= 4 is 82.2 Å². The number of rotatable bonds is 21. The first kappa shape index (κ1) is 83.2. The van der Waals surface area contributed by atoms with Gasteiger partial charge >= 0.3 is 16.4 Å². The minimum Gasteiger partial charge on any atom is -0.493 e. The average Bonchev–Trinajstić information content (AvgIpc) is 1.71. The Hall–Kier alpha value is -11.2. The number of hydrogen-bond acceptors (Lipinski definition) is 22. The number of hydrogen-bond donors (Lipinski definition) is 6. The van der Waals surface area contributed by atoms with Crippen LogP contribution in [0.25, 0.3) is 33.4 Å². The maximum atomic E-state index is 14.6. The van der Waals surface area contributed by atoms with Gasteiger partial charge in [-0.25, -0.2) is 46.9 Å². The van der Waals surface area contributed by atoms with E-state index in [9.17, 15) is 57.2 Å². The monoisotopic (exact) mass is 1630 g/mol. The van der Waals surface area contributed by atoms with Crippen LogP contribution >= 0.6 is 0 Å². The molecule has 0 radical (unpaired) electrons. The molecule has 8 N–H and O–H groups in total. The minimum absolute atomic E-state index is 0.0591. The largest absolute Gasteiger partial charge is 0.493 e. The van der Waals surface area contributed by atoms with Gasteiger partial charge in [-0.1, -0.05) is 82.3 Å². The lowest BCUT2D eigenvalue weighted by Crippen LogP contribution is -2.43. The quantitative estimate of drug-likeness (QED) is 0.0364. The Labute approximate surface area is 665 Å². The average molecular weight is 1640 g/mol. The van der Waals surface area contributed by atoms with Crippen molar-refractivity contribution < 1.29 is 66.7 Å². The summed E-state index contributed by atoms with van der Waals surface area (Å²) in [6.07, 6.45) is 5.30. The zero-order valence-electron chi connectivity index (χ0n) is 64.5. The first-order valence-electron chi connectivity index (χ1n) is 37.3. The van der Waals surface area contributed by atoms with Crippen LogP contribution in [0.5, 0.6) is 11.6 Å². The molecule has 0 bridgehead atoms. The number of benzene rings is 3. The van der Waals surface area contributed by atoms with Crippen LogP contribution in [0.4, 0.5) is 40.8 Å². The molecule has 3 amide bonds. The number of alkyl halides is 3. The van der Waals surface area contributed by atoms with Crippen LogP contribution in [0.3, 0.4) is 0 Å². The molecule has 0 aliphatic carbocycles. The fourth-order valence-corrected chi connectivity index (χ4v) is 18.0. The molecule has 4 aliphatic heterocycles. The summed E-state index contributed by atoms with van der Waals surface area (Å²) in [7, 11) is -12.7. The predicted molar refractivity (Wildman–Crippen MR) is 428 cm³/mol. The van der Waals surface area contributed by atoms with E-state index in [4.69, 9.17) is 30.9 Å². The number of carbonyl (C=O) groups is 3. The van der Waals surface area contributed by atoms with Gasteiger partial charge in [0.1, 0.15) is 52.0 Å². The van der Waals surface area contributed by atoms with E-state index in [1.807, 2.05) is 103 Å². The molecule has 27 nitrogen and oxygen atoms in total. The standard InChI is InChI=1S/C30H36FN5O4S.C26H28N6O3S.C25H26F3N5O4S/c1-20(2)19-40-25-16-22(15-23(31)17-25)27-11-10-26(30(37)34-41(38,39)35-14-12-24(32)18-35)29(33-27)36-13-6-9-28(36)21-7-4-3-5-8-21;1-16-14-26(2,3)32(15-16)24-19(25(33)31-36(34,35)22-8-5-12-29-23(22)27)9-10-21(30-24)17-6-4-7-20-18(17)11-13-28-20;1-16-12-24(2,3)33(14-16)22-18(6-5-11-29-22)23(34)32-38(35,36)21-8-4-7-20(31-21)37-15-17-9-10-19(30-13-17)25(26,27)28/h3-5,7-8,10-11,15-17,20,24,28H,6,9,12-14,18-19,32H2,1-2H3,(H,34,37);4-13,16,28H,14-15H2,1-3H3,(H2,27,29)(H,31,33);4-11,13,16H,12,14-15H2,1-3H3,(H,32,34). The summed E-state index contributed by atoms with van der Waals surface area (Å²) < 4.78 is 149. The van der Waals surface area contributed by atoms with E-state index in [2.05, 4.69) is 67.0 Å². The van der Waals surface area contributed by atoms with Crippen molar-refractivity contribution in [1.82, 2.24) is 53.4 Å². The van der Waals surface area contributed by atoms with Crippen molar-refractivity contribution in [2.75, 3.05) is 59.8 Å². The molecule has 34 heteroatoms. The molecule has 4 aliphatic rings. The van der Waals surface area contributed by atoms with Crippen LogP contribution in [0.15, 0.2) is 186 Å². The minimum atomic E-state index is -4.56. The summed E-state index contributed by atoms with van der Waals surface area (Å²) in [6.45, 7) is 19.2. The highest BCUT2D eigenvalue weighted by Crippen LogP contribution is 2.42. The molecular weight excluding hydrogens is 1550 g/mol. The number of aromatic nitrogens is 7. The third-order valence-electron chi connectivity index (χ3n) is 20.0. The van der Waals surface area contributed by atoms with Crippen LogP contribution in [0.1, 0.15) is 141 Å². The number of nitrogens with one attached hydrogen (secondary N) is 4. The summed E-state index contributed by atoms with van der Waals surface area (Å²) in [6, 6.07) is 40.2. The molecule has 4 atom stereocenters. The van der Waals surface area contributed by atoms with Crippen molar-refractivity contribution in [3.05, 3.63) is 216 Å². The molecule has 0 saturated carbocycles. The summed E-state index contributed by atoms with van der Waals surface area (Å²) in [5.41, 5.74) is 15.4. The molecule has 4 fully saturated rings. The number of anilines is 4. The van der Waals surface area contributed by atoms with Gasteiger partial charge in [-0.15, -0.1) is 0 Å². The van der Waals surface area contributed by atoms with Crippen LogP contribution in [0, 0.1) is 23.6 Å². The summed E-state index contributed by atoms with van der Waals surface area (Å²) in [5.74, 6) is -0.572. The van der Waals surface area contributed by atoms with Crippen LogP contribution < -0.4 is 49.8 Å². The van der Waals surface area contributed by atoms with Gasteiger partial charge in [-0.3, -0.25) is 19.4 Å². The molecule has 11 heterocycles. The zero-order chi connectivity index (χ0) is 82.5. The van der Waals surface area contributed by atoms with Crippen molar-refractivity contribution in [3.63, 3.8) is 0 Å². The Kier molecular flexibility index (Phi) is 24.7. The van der Waals surface area contributed by atoms with E-state index in [-0.39, 0.29) is 82.1 Å². The zero-order valence-corrected chi connectivity index (χ0v) is 66.9. The molecule has 3 aromatic carbocycles. The number of aromatic amines is 1. The number of nitrogen functional groups attached to an aromatic ring is 1. The highest BCUT2D eigenvalue weighted by atomic mass is 32.2. The predicted octanol–water partition coefficient (Wildman–Crippen LogP) is 12.4. The second-order valence-corrected chi connectivity index (χ2v) is 35.6. The number of H-pyrrole nitrogens is 1. The van der Waals surface area contributed by atoms with Gasteiger partial charge in [0, 0.05) is 114 Å². The van der Waals surface area contributed by atoms with E-state index in [0.717, 1.165) is 60.0 Å². The smallest absolute Gasteiger partial charge is 0.433 e. The Morgan fingerprint density at radius 3 is 1.94 bits per heavy atom. The van der Waals surface area contributed by atoms with E-state index in [0.29, 0.717) is 90.2 Å². The van der Waals surface area contributed by atoms with Crippen LogP contribution in [-0.2, 0) is 43.0 Å². The number of fused-ring (bicyclic) bond motifs is 1. The first-order chi connectivity index (χ1) is 54.4. The second-order valence-electron chi connectivity index (χ2n) is 30.6. The number of amides is 3. The molecule has 4 saturated heterocycles. The van der Waals surface area contributed by atoms with Gasteiger partial charge in [0.2, 0.25) is 5.88 Å². The van der Waals surface area contributed by atoms with Gasteiger partial charge < -0.3 is 40.6 Å². The third-order valence-corrected chi connectivity index (χ3v) is 24.1. The van der Waals surface area contributed by atoms with Gasteiger partial charge in [0.15, 0.2) is 5.03 Å². The maximum Gasteiger partial charge on any atom is 0.433 e. The molecule has 7 aromatic heterocycles. The van der Waals surface area contributed by atoms with Gasteiger partial charge in [0.25, 0.3) is 37.8 Å². The van der Waals surface area contributed by atoms with Crippen molar-refractivity contribution in [1.29, 1.82) is 0 Å². The Morgan fingerprint density at radius 1 is 0.643 bits per heavy atom. The lowest BCUT2D eigenvalue weighted by molar-refractivity contribution is -0.141. The Balaban J connectivity index is 0.000000160. The van der Waals surface area contributed by atoms with E-state index in [1.165, 1.54) is 65.1 Å². The number of ether oxygens (including phenoxy) is 2. The number of nitrogens with two attached hydrogens (primary N) is 2. The Morgan fingerprint density at radius 2 is 1.29 bits per heavy atom. The van der Waals surface area contributed by atoms with Crippen molar-refractivity contribution in [3.8, 4) is 34.1 Å². The van der Waals surface area contributed by atoms with Crippen LogP contribution in [0.2, 0.25) is 0 Å². The fourth-order valence-electron chi connectivity index (χ4n) is 14.9. The summed E-state index contributed by atoms with van der Waals surface area (Å²) in [4.78, 5) is 74.4. The van der Waals surface area contributed by atoms with E-state index in [1.54, 1.807) is 42.6 Å². The number of carbonyl (C=O) groups excluding carboxylic acids is 3. The number of nitrogens with zero attached hydrogens (tertiary/aromatic N) is 10. The van der Waals surface area contributed by atoms with Crippen LogP contribution in [-0.4, -0.2) is 139 Å². The first-order valence-corrected chi connectivity index (χ1v) is 41.7. The molecule has 0 spiro atoms. The lowest BCUT2D eigenvalue weighted by Gasteiger charge is -2.34. The molecule has 10 aromatic rings. The fraction of sp³-hybridized carbons (Fsp3) is 0.346. The van der Waals surface area contributed by atoms with Crippen molar-refractivity contribution in [2.45, 2.75) is 133 Å². The number of pyridine rings is 6. The van der Waals surface area contributed by atoms with Crippen molar-refractivity contribution in [2.24, 2.45) is 23.5 Å². The molecular formula is C81H90F4N16O11S3. The van der Waals surface area contributed by atoms with Gasteiger partial charge in [-0.2, -0.15) is 39.3 Å². The molecule has 115 heavy (non-hydrogen) atoms. The number of sulfonamides is 2. The summed E-state index contributed by atoms with van der Waals surface area (Å²) >= 11 is 0. The highest BCUT2D eigenvalue weighted by molar-refractivity contribution is 7.90. The highest BCUT2D eigenvalue weighted by Gasteiger charge is 2.42. The van der Waals surface area contributed by atoms with Gasteiger partial charge in [-0.05, 0) is 168 Å². The number of halogens is 4. The third kappa shape index (κ3) is 19.6. The SMILES string of the molecule is CC(C)COc1cc(F)cc(-c2ccc(C(=O)NS(=O)(=O)N3CCC(N)C3)c(N3CCCC3c3ccccc3)n2)c1.CC1CN(c2nc(-c3cccc4[nH]ccc34)ccc2C(=O)NS(=O)(=O)c2cccnc2N)C(C)(C)C1.CC1CN(c2ncccc2C(=O)NS(=O)(=O)c2cccc(OCc3ccc(C(F)(F)F)nc3)n2)C(C)(C)C1. The topological polar surface area (TPSA) is 366 Å². The molecule has 14 rings (SSSR count).